The van der Waals surface area contributed by atoms with Gasteiger partial charge in [-0.3, -0.25) is 9.59 Å². The summed E-state index contributed by atoms with van der Waals surface area (Å²) >= 11 is 0. The Hall–Kier alpha value is -2.63. The van der Waals surface area contributed by atoms with E-state index in [4.69, 9.17) is 5.10 Å². The SMILES string of the molecule is CCCCCCCCCCCC(=O)N(CCC)CC(=O)Nc1cc(C(C)(C)C)nn1-c1cccc(C)c1. The lowest BCUT2D eigenvalue weighted by atomic mass is 9.92. The van der Waals surface area contributed by atoms with E-state index in [9.17, 15) is 9.59 Å². The highest BCUT2D eigenvalue weighted by Crippen LogP contribution is 2.26. The number of carbonyl (C=O) groups excluding carboxylic acids is 2. The van der Waals surface area contributed by atoms with Gasteiger partial charge in [-0.15, -0.1) is 0 Å². The second kappa shape index (κ2) is 15.6. The molecule has 0 fully saturated rings. The van der Waals surface area contributed by atoms with Crippen LogP contribution in [0.5, 0.6) is 0 Å². The van der Waals surface area contributed by atoms with Gasteiger partial charge in [-0.25, -0.2) is 4.68 Å². The van der Waals surface area contributed by atoms with Crippen molar-refractivity contribution < 1.29 is 9.59 Å². The van der Waals surface area contributed by atoms with E-state index in [1.165, 1.54) is 44.9 Å². The minimum Gasteiger partial charge on any atom is -0.333 e. The number of nitrogens with one attached hydrogen (secondary N) is 1. The molecule has 0 atom stereocenters. The fourth-order valence-corrected chi connectivity index (χ4v) is 4.46. The Bertz CT molecular complexity index is 974. The second-order valence-corrected chi connectivity index (χ2v) is 11.4. The molecule has 0 aliphatic carbocycles. The third-order valence-electron chi connectivity index (χ3n) is 6.67. The highest BCUT2D eigenvalue weighted by atomic mass is 16.2. The van der Waals surface area contributed by atoms with Gasteiger partial charge in [0.2, 0.25) is 11.8 Å². The van der Waals surface area contributed by atoms with Crippen molar-refractivity contribution in [2.24, 2.45) is 0 Å². The number of nitrogens with zero attached hydrogens (tertiary/aromatic N) is 3. The van der Waals surface area contributed by atoms with Crippen LogP contribution in [0.3, 0.4) is 0 Å². The second-order valence-electron chi connectivity index (χ2n) is 11.4. The highest BCUT2D eigenvalue weighted by Gasteiger charge is 2.23. The Labute approximate surface area is 225 Å². The minimum absolute atomic E-state index is 0.0634. The summed E-state index contributed by atoms with van der Waals surface area (Å²) in [4.78, 5) is 27.7. The number of anilines is 1. The van der Waals surface area contributed by atoms with E-state index in [1.54, 1.807) is 9.58 Å². The number of aryl methyl sites for hydroxylation is 1. The van der Waals surface area contributed by atoms with Crippen LogP contribution in [0, 0.1) is 6.92 Å². The number of hydrogen-bond donors (Lipinski definition) is 1. The number of unbranched alkanes of at least 4 members (excludes halogenated alkanes) is 8. The van der Waals surface area contributed by atoms with Crippen LogP contribution < -0.4 is 5.32 Å². The Morgan fingerprint density at radius 2 is 1.57 bits per heavy atom. The third-order valence-corrected chi connectivity index (χ3v) is 6.67. The molecule has 1 heterocycles. The molecule has 6 nitrogen and oxygen atoms in total. The van der Waals surface area contributed by atoms with Gasteiger partial charge >= 0.3 is 0 Å². The fraction of sp³-hybridized carbons (Fsp3) is 0.645. The zero-order chi connectivity index (χ0) is 27.3. The maximum atomic E-state index is 13.1. The molecule has 0 radical (unpaired) electrons. The predicted octanol–water partition coefficient (Wildman–Crippen LogP) is 7.58. The molecular formula is C31H50N4O2. The van der Waals surface area contributed by atoms with Gasteiger partial charge in [-0.05, 0) is 37.5 Å². The molecule has 0 unspecified atom stereocenters. The summed E-state index contributed by atoms with van der Waals surface area (Å²) in [6, 6.07) is 10.0. The molecule has 0 aliphatic rings. The van der Waals surface area contributed by atoms with Crippen LogP contribution >= 0.6 is 0 Å². The van der Waals surface area contributed by atoms with Gasteiger partial charge in [-0.2, -0.15) is 5.10 Å². The van der Waals surface area contributed by atoms with Crippen molar-refractivity contribution in [1.29, 1.82) is 0 Å². The van der Waals surface area contributed by atoms with Gasteiger partial charge in [0.25, 0.3) is 0 Å². The lowest BCUT2D eigenvalue weighted by molar-refractivity contribution is -0.134. The summed E-state index contributed by atoms with van der Waals surface area (Å²) in [5.74, 6) is 0.508. The first kappa shape index (κ1) is 30.6. The van der Waals surface area contributed by atoms with E-state index in [0.29, 0.717) is 18.8 Å². The topological polar surface area (TPSA) is 67.2 Å². The number of amides is 2. The van der Waals surface area contributed by atoms with E-state index < -0.39 is 0 Å². The maximum absolute atomic E-state index is 13.1. The average molecular weight is 511 g/mol. The van der Waals surface area contributed by atoms with Crippen molar-refractivity contribution in [3.8, 4) is 5.69 Å². The van der Waals surface area contributed by atoms with Crippen LogP contribution in [0.15, 0.2) is 30.3 Å². The number of rotatable bonds is 16. The summed E-state index contributed by atoms with van der Waals surface area (Å²) in [5.41, 5.74) is 2.77. The molecule has 2 amide bonds. The van der Waals surface area contributed by atoms with E-state index in [-0.39, 0.29) is 23.8 Å². The first-order valence-electron chi connectivity index (χ1n) is 14.4. The summed E-state index contributed by atoms with van der Waals surface area (Å²) in [5, 5.41) is 7.84. The van der Waals surface area contributed by atoms with Crippen LogP contribution in [0.4, 0.5) is 5.82 Å². The van der Waals surface area contributed by atoms with Crippen molar-refractivity contribution in [1.82, 2.24) is 14.7 Å². The van der Waals surface area contributed by atoms with Gasteiger partial charge in [0.1, 0.15) is 5.82 Å². The number of hydrogen-bond acceptors (Lipinski definition) is 3. The first-order valence-corrected chi connectivity index (χ1v) is 14.4. The Morgan fingerprint density at radius 3 is 2.16 bits per heavy atom. The quantitative estimate of drug-likeness (QED) is 0.237. The van der Waals surface area contributed by atoms with Gasteiger partial charge in [-0.1, -0.05) is 98.1 Å². The van der Waals surface area contributed by atoms with Gasteiger partial charge in [0.05, 0.1) is 17.9 Å². The largest absolute Gasteiger partial charge is 0.333 e. The van der Waals surface area contributed by atoms with E-state index in [1.807, 2.05) is 44.2 Å². The monoisotopic (exact) mass is 510 g/mol. The molecule has 0 saturated carbocycles. The smallest absolute Gasteiger partial charge is 0.245 e. The zero-order valence-electron chi connectivity index (χ0n) is 24.2. The Kier molecular flexibility index (Phi) is 12.9. The fourth-order valence-electron chi connectivity index (χ4n) is 4.46. The van der Waals surface area contributed by atoms with Gasteiger partial charge in [0, 0.05) is 24.4 Å². The van der Waals surface area contributed by atoms with E-state index in [2.05, 4.69) is 33.0 Å². The van der Waals surface area contributed by atoms with Crippen molar-refractivity contribution >= 4 is 17.6 Å². The van der Waals surface area contributed by atoms with E-state index >= 15 is 0 Å². The van der Waals surface area contributed by atoms with Gasteiger partial charge < -0.3 is 10.2 Å². The van der Waals surface area contributed by atoms with Crippen LogP contribution in [0.1, 0.15) is 117 Å². The lowest BCUT2D eigenvalue weighted by Gasteiger charge is -2.22. The predicted molar refractivity (Wildman–Crippen MR) is 154 cm³/mol. The highest BCUT2D eigenvalue weighted by molar-refractivity contribution is 5.94. The Morgan fingerprint density at radius 1 is 0.919 bits per heavy atom. The van der Waals surface area contributed by atoms with Crippen LogP contribution in [0.25, 0.3) is 5.69 Å². The molecule has 2 aromatic rings. The van der Waals surface area contributed by atoms with Gasteiger partial charge in [0.15, 0.2) is 0 Å². The van der Waals surface area contributed by atoms with Crippen molar-refractivity contribution in [3.05, 3.63) is 41.6 Å². The molecule has 206 valence electrons. The molecule has 0 spiro atoms. The lowest BCUT2D eigenvalue weighted by Crippen LogP contribution is -2.38. The number of carbonyl (C=O) groups is 2. The van der Waals surface area contributed by atoms with Crippen molar-refractivity contribution in [2.75, 3.05) is 18.4 Å². The molecule has 0 bridgehead atoms. The van der Waals surface area contributed by atoms with Crippen LogP contribution in [-0.4, -0.2) is 39.6 Å². The Balaban J connectivity index is 1.95. The number of benzene rings is 1. The molecule has 1 aromatic heterocycles. The summed E-state index contributed by atoms with van der Waals surface area (Å²) in [7, 11) is 0. The molecule has 1 aromatic carbocycles. The summed E-state index contributed by atoms with van der Waals surface area (Å²) < 4.78 is 1.79. The maximum Gasteiger partial charge on any atom is 0.245 e. The zero-order valence-corrected chi connectivity index (χ0v) is 24.2. The van der Waals surface area contributed by atoms with E-state index in [0.717, 1.165) is 36.2 Å². The molecule has 2 rings (SSSR count). The average Bonchev–Trinajstić information content (AvgIpc) is 3.27. The normalized spacial score (nSPS) is 11.5. The standard InChI is InChI=1S/C31H50N4O2/c1-7-9-10-11-12-13-14-15-16-20-30(37)34(21-8-2)24-29(36)32-28-23-27(31(4,5)6)33-35(28)26-19-17-18-25(3)22-26/h17-19,22-23H,7-16,20-21,24H2,1-6H3,(H,32,36). The van der Waals surface area contributed by atoms with Crippen LogP contribution in [0.2, 0.25) is 0 Å². The summed E-state index contributed by atoms with van der Waals surface area (Å²) in [6.07, 6.45) is 12.3. The van der Waals surface area contributed by atoms with Crippen LogP contribution in [-0.2, 0) is 15.0 Å². The molecule has 6 heteroatoms. The molecule has 0 saturated heterocycles. The van der Waals surface area contributed by atoms with Crippen molar-refractivity contribution in [3.63, 3.8) is 0 Å². The molecular weight excluding hydrogens is 460 g/mol. The molecule has 37 heavy (non-hydrogen) atoms. The minimum atomic E-state index is -0.192. The summed E-state index contributed by atoms with van der Waals surface area (Å²) in [6.45, 7) is 13.3. The molecule has 1 N–H and O–H groups in total. The third kappa shape index (κ3) is 10.7. The number of aromatic nitrogens is 2. The molecule has 0 aliphatic heterocycles. The first-order chi connectivity index (χ1) is 17.7. The van der Waals surface area contributed by atoms with Crippen molar-refractivity contribution in [2.45, 2.75) is 118 Å².